The number of hydrogen-bond acceptors (Lipinski definition) is 4. The van der Waals surface area contributed by atoms with Gasteiger partial charge in [-0.15, -0.1) is 0 Å². The van der Waals surface area contributed by atoms with Gasteiger partial charge in [0.05, 0.1) is 17.9 Å². The lowest BCUT2D eigenvalue weighted by molar-refractivity contribution is -0.142. The number of pyridine rings is 1. The van der Waals surface area contributed by atoms with Crippen LogP contribution in [0.4, 0.5) is 40.8 Å². The molecular formula is C14H11ClF8N2O2. The maximum atomic E-state index is 13.2. The normalized spacial score (nSPS) is 13.3. The summed E-state index contributed by atoms with van der Waals surface area (Å²) in [5, 5.41) is -2.12. The average molecular weight is 427 g/mol. The van der Waals surface area contributed by atoms with Crippen molar-refractivity contribution in [1.82, 2.24) is 4.98 Å². The van der Waals surface area contributed by atoms with Crippen LogP contribution in [0.3, 0.4) is 0 Å². The fourth-order valence-electron chi connectivity index (χ4n) is 2.06. The van der Waals surface area contributed by atoms with E-state index in [1.54, 1.807) is 0 Å². The fraction of sp³-hybridized carbons (Fsp3) is 0.500. The number of halogens is 9. The molecule has 13 heteroatoms. The molecule has 0 aliphatic heterocycles. The zero-order chi connectivity index (χ0) is 21.2. The van der Waals surface area contributed by atoms with Crippen LogP contribution >= 0.6 is 11.6 Å². The van der Waals surface area contributed by atoms with Crippen molar-refractivity contribution in [2.45, 2.75) is 39.0 Å². The molecular weight excluding hydrogens is 416 g/mol. The molecule has 0 bridgehead atoms. The molecule has 0 saturated heterocycles. The third-order valence-electron chi connectivity index (χ3n) is 3.05. The minimum atomic E-state index is -5.36. The number of rotatable bonds is 5. The minimum absolute atomic E-state index is 0.377. The van der Waals surface area contributed by atoms with Gasteiger partial charge in [0.15, 0.2) is 5.69 Å². The van der Waals surface area contributed by atoms with E-state index in [1.165, 1.54) is 6.92 Å². The number of aliphatic imine (C=N–C) groups is 1. The Hall–Kier alpha value is -1.98. The molecule has 0 spiro atoms. The van der Waals surface area contributed by atoms with E-state index in [1.807, 2.05) is 0 Å². The summed E-state index contributed by atoms with van der Waals surface area (Å²) < 4.78 is 108. The number of alkyl halides is 8. The minimum Gasteiger partial charge on any atom is -0.462 e. The van der Waals surface area contributed by atoms with E-state index in [-0.39, 0.29) is 6.61 Å². The summed E-state index contributed by atoms with van der Waals surface area (Å²) in [4.78, 5) is 17.4. The largest absolute Gasteiger partial charge is 0.462 e. The van der Waals surface area contributed by atoms with Crippen LogP contribution in [0, 0.1) is 0 Å². The number of esters is 1. The Kier molecular flexibility index (Phi) is 7.14. The summed E-state index contributed by atoms with van der Waals surface area (Å²) in [5.41, 5.74) is -7.08. The number of aromatic nitrogens is 1. The van der Waals surface area contributed by atoms with Crippen molar-refractivity contribution < 1.29 is 44.7 Å². The van der Waals surface area contributed by atoms with Gasteiger partial charge >= 0.3 is 18.3 Å². The summed E-state index contributed by atoms with van der Waals surface area (Å²) in [6.45, 7) is 2.02. The van der Waals surface area contributed by atoms with E-state index in [0.29, 0.717) is 0 Å². The Morgan fingerprint density at radius 1 is 1.19 bits per heavy atom. The predicted molar refractivity (Wildman–Crippen MR) is 78.5 cm³/mol. The standard InChI is InChI=1S/C14H11ClF8N2O2/c1-3-5-6(11(26)27-4-2)9(13(18,19)20)24-8(10(16)17)7(5)25-12(15)14(21,22)23/h10H,3-4H2,1-2H3. The smallest absolute Gasteiger partial charge is 0.444 e. The van der Waals surface area contributed by atoms with Gasteiger partial charge in [-0.25, -0.2) is 23.6 Å². The van der Waals surface area contributed by atoms with Crippen molar-refractivity contribution in [3.8, 4) is 0 Å². The Morgan fingerprint density at radius 3 is 2.11 bits per heavy atom. The van der Waals surface area contributed by atoms with Crippen LogP contribution in [0.15, 0.2) is 4.99 Å². The molecule has 0 atom stereocenters. The molecule has 152 valence electrons. The van der Waals surface area contributed by atoms with Crippen molar-refractivity contribution in [3.63, 3.8) is 0 Å². The number of hydrogen-bond donors (Lipinski definition) is 0. The third-order valence-corrected chi connectivity index (χ3v) is 3.35. The first-order chi connectivity index (χ1) is 12.3. The average Bonchev–Trinajstić information content (AvgIpc) is 2.51. The van der Waals surface area contributed by atoms with Gasteiger partial charge < -0.3 is 4.74 Å². The Balaban J connectivity index is 4.02. The second kappa shape index (κ2) is 8.36. The molecule has 27 heavy (non-hydrogen) atoms. The molecule has 0 aliphatic carbocycles. The van der Waals surface area contributed by atoms with Crippen molar-refractivity contribution >= 4 is 28.4 Å². The molecule has 0 aromatic carbocycles. The van der Waals surface area contributed by atoms with Gasteiger partial charge in [-0.1, -0.05) is 18.5 Å². The maximum absolute atomic E-state index is 13.2. The van der Waals surface area contributed by atoms with Gasteiger partial charge in [0.1, 0.15) is 5.69 Å². The molecule has 1 aromatic heterocycles. The van der Waals surface area contributed by atoms with Crippen LogP contribution in [-0.4, -0.2) is 28.9 Å². The molecule has 1 rings (SSSR count). The summed E-state index contributed by atoms with van der Waals surface area (Å²) in [6, 6.07) is 0. The Labute approximate surface area is 152 Å². The molecule has 4 nitrogen and oxygen atoms in total. The van der Waals surface area contributed by atoms with E-state index in [0.717, 1.165) is 6.92 Å². The second-order valence-electron chi connectivity index (χ2n) is 4.82. The van der Waals surface area contributed by atoms with Crippen molar-refractivity contribution in [2.24, 2.45) is 4.99 Å². The molecule has 1 heterocycles. The maximum Gasteiger partial charge on any atom is 0.444 e. The van der Waals surface area contributed by atoms with E-state index >= 15 is 0 Å². The number of carbonyl (C=O) groups is 1. The predicted octanol–water partition coefficient (Wildman–Crippen LogP) is 5.61. The zero-order valence-electron chi connectivity index (χ0n) is 13.6. The summed E-state index contributed by atoms with van der Waals surface area (Å²) >= 11 is 4.93. The van der Waals surface area contributed by atoms with Crippen LogP contribution in [0.5, 0.6) is 0 Å². The molecule has 0 radical (unpaired) electrons. The first-order valence-electron chi connectivity index (χ1n) is 7.16. The van der Waals surface area contributed by atoms with Gasteiger partial charge in [-0.2, -0.15) is 26.3 Å². The van der Waals surface area contributed by atoms with Gasteiger partial charge in [0, 0.05) is 0 Å². The highest BCUT2D eigenvalue weighted by atomic mass is 35.5. The lowest BCUT2D eigenvalue weighted by atomic mass is 9.99. The molecule has 1 aromatic rings. The monoisotopic (exact) mass is 426 g/mol. The van der Waals surface area contributed by atoms with Crippen LogP contribution in [0.25, 0.3) is 0 Å². The summed E-state index contributed by atoms with van der Waals surface area (Å²) in [7, 11) is 0. The number of nitrogens with zero attached hydrogens (tertiary/aromatic N) is 2. The number of ether oxygens (including phenoxy) is 1. The second-order valence-corrected chi connectivity index (χ2v) is 5.18. The Morgan fingerprint density at radius 2 is 1.74 bits per heavy atom. The first kappa shape index (κ1) is 23.1. The van der Waals surface area contributed by atoms with E-state index in [9.17, 15) is 39.9 Å². The Bertz CT molecular complexity index is 744. The molecule has 0 amide bonds. The molecule has 0 unspecified atom stereocenters. The van der Waals surface area contributed by atoms with Crippen molar-refractivity contribution in [2.75, 3.05) is 6.61 Å². The summed E-state index contributed by atoms with van der Waals surface area (Å²) in [5.74, 6) is -1.59. The highest BCUT2D eigenvalue weighted by Crippen LogP contribution is 2.41. The van der Waals surface area contributed by atoms with Crippen LogP contribution in [0.1, 0.15) is 47.6 Å². The van der Waals surface area contributed by atoms with Crippen LogP contribution < -0.4 is 0 Å². The van der Waals surface area contributed by atoms with Gasteiger partial charge in [0.2, 0.25) is 5.17 Å². The van der Waals surface area contributed by atoms with Crippen molar-refractivity contribution in [1.29, 1.82) is 0 Å². The van der Waals surface area contributed by atoms with E-state index < -0.39 is 64.5 Å². The quantitative estimate of drug-likeness (QED) is 0.349. The fourth-order valence-corrected chi connectivity index (χ4v) is 2.14. The number of carbonyl (C=O) groups excluding carboxylic acids is 1. The third kappa shape index (κ3) is 5.27. The van der Waals surface area contributed by atoms with E-state index in [4.69, 9.17) is 11.6 Å². The van der Waals surface area contributed by atoms with Gasteiger partial charge in [-0.05, 0) is 18.9 Å². The van der Waals surface area contributed by atoms with E-state index in [2.05, 4.69) is 14.7 Å². The molecule has 0 N–H and O–H groups in total. The van der Waals surface area contributed by atoms with Gasteiger partial charge in [-0.3, -0.25) is 0 Å². The lowest BCUT2D eigenvalue weighted by Gasteiger charge is -2.19. The van der Waals surface area contributed by atoms with Crippen molar-refractivity contribution in [3.05, 3.63) is 22.5 Å². The summed E-state index contributed by atoms with van der Waals surface area (Å²) in [6.07, 6.45) is -14.9. The molecule has 0 fully saturated rings. The first-order valence-corrected chi connectivity index (χ1v) is 7.54. The molecule has 0 saturated carbocycles. The topological polar surface area (TPSA) is 51.5 Å². The highest BCUT2D eigenvalue weighted by Gasteiger charge is 2.42. The zero-order valence-corrected chi connectivity index (χ0v) is 14.4. The lowest BCUT2D eigenvalue weighted by Crippen LogP contribution is -2.22. The SMILES string of the molecule is CCOC(=O)c1c(C(F)(F)F)nc(C(F)F)c(N=C(Cl)C(F)(F)F)c1CC. The van der Waals surface area contributed by atoms with Gasteiger partial charge in [0.25, 0.3) is 6.43 Å². The highest BCUT2D eigenvalue weighted by molar-refractivity contribution is 6.67. The van der Waals surface area contributed by atoms with Crippen LogP contribution in [-0.2, 0) is 17.3 Å². The van der Waals surface area contributed by atoms with Crippen LogP contribution in [0.2, 0.25) is 0 Å². The molecule has 0 aliphatic rings.